The molecule has 1 aliphatic heterocycles. The fraction of sp³-hybridized carbons (Fsp3) is 0.316. The molecule has 4 rings (SSSR count). The third kappa shape index (κ3) is 3.87. The van der Waals surface area contributed by atoms with E-state index in [1.165, 1.54) is 4.57 Å². The van der Waals surface area contributed by atoms with E-state index in [-0.39, 0.29) is 24.7 Å². The Morgan fingerprint density at radius 1 is 0.967 bits per heavy atom. The SMILES string of the molecule is O=c1oc2ccccc2n1CN1CCN(S(=O)(=O)c2cccc(C(F)(F)F)c2)CC1. The van der Waals surface area contributed by atoms with Gasteiger partial charge in [0.15, 0.2) is 5.58 Å². The third-order valence-electron chi connectivity index (χ3n) is 5.05. The van der Waals surface area contributed by atoms with Crippen LogP contribution in [0.3, 0.4) is 0 Å². The highest BCUT2D eigenvalue weighted by molar-refractivity contribution is 7.89. The van der Waals surface area contributed by atoms with Crippen molar-refractivity contribution in [3.63, 3.8) is 0 Å². The molecule has 0 unspecified atom stereocenters. The second-order valence-electron chi connectivity index (χ2n) is 6.95. The van der Waals surface area contributed by atoms with Crippen LogP contribution >= 0.6 is 0 Å². The first-order valence-corrected chi connectivity index (χ1v) is 10.6. The highest BCUT2D eigenvalue weighted by atomic mass is 32.2. The summed E-state index contributed by atoms with van der Waals surface area (Å²) in [4.78, 5) is 13.6. The van der Waals surface area contributed by atoms with E-state index in [4.69, 9.17) is 4.42 Å². The van der Waals surface area contributed by atoms with E-state index in [1.807, 2.05) is 4.90 Å². The number of halogens is 3. The van der Waals surface area contributed by atoms with Crippen molar-refractivity contribution in [2.75, 3.05) is 26.2 Å². The predicted molar refractivity (Wildman–Crippen MR) is 102 cm³/mol. The number of alkyl halides is 3. The van der Waals surface area contributed by atoms with Crippen molar-refractivity contribution in [2.45, 2.75) is 17.7 Å². The Bertz CT molecular complexity index is 1230. The van der Waals surface area contributed by atoms with Crippen LogP contribution in [0.2, 0.25) is 0 Å². The maximum absolute atomic E-state index is 12.9. The molecule has 0 spiro atoms. The van der Waals surface area contributed by atoms with E-state index >= 15 is 0 Å². The summed E-state index contributed by atoms with van der Waals surface area (Å²) in [7, 11) is -4.05. The zero-order chi connectivity index (χ0) is 21.5. The van der Waals surface area contributed by atoms with Gasteiger partial charge < -0.3 is 4.42 Å². The maximum Gasteiger partial charge on any atom is 0.421 e. The molecule has 0 N–H and O–H groups in total. The Kier molecular flexibility index (Phi) is 5.20. The van der Waals surface area contributed by atoms with Gasteiger partial charge in [0.1, 0.15) is 0 Å². The number of hydrogen-bond acceptors (Lipinski definition) is 5. The maximum atomic E-state index is 12.9. The van der Waals surface area contributed by atoms with Crippen molar-refractivity contribution in [2.24, 2.45) is 0 Å². The summed E-state index contributed by atoms with van der Waals surface area (Å²) in [6.07, 6.45) is -4.62. The molecule has 1 aliphatic rings. The number of hydrogen-bond donors (Lipinski definition) is 0. The molecule has 7 nitrogen and oxygen atoms in total. The molecule has 0 aliphatic carbocycles. The van der Waals surface area contributed by atoms with Gasteiger partial charge in [-0.1, -0.05) is 18.2 Å². The molecule has 0 amide bonds. The number of fused-ring (bicyclic) bond motifs is 1. The van der Waals surface area contributed by atoms with Crippen molar-refractivity contribution in [1.29, 1.82) is 0 Å². The van der Waals surface area contributed by atoms with Crippen LogP contribution in [0.1, 0.15) is 5.56 Å². The third-order valence-corrected chi connectivity index (χ3v) is 6.94. The van der Waals surface area contributed by atoms with Gasteiger partial charge in [-0.3, -0.25) is 9.47 Å². The van der Waals surface area contributed by atoms with Crippen LogP contribution in [0.4, 0.5) is 13.2 Å². The lowest BCUT2D eigenvalue weighted by Crippen LogP contribution is -2.49. The normalized spacial score (nSPS) is 16.9. The van der Waals surface area contributed by atoms with Gasteiger partial charge in [-0.2, -0.15) is 17.5 Å². The molecule has 0 radical (unpaired) electrons. The standard InChI is InChI=1S/C19H18F3N3O4S/c20-19(21,22)14-4-3-5-15(12-14)30(27,28)24-10-8-23(9-11-24)13-25-16-6-1-2-7-17(16)29-18(25)26/h1-7,12H,8-11,13H2. The summed E-state index contributed by atoms with van der Waals surface area (Å²) in [6.45, 7) is 1.08. The number of piperazine rings is 1. The van der Waals surface area contributed by atoms with E-state index in [0.29, 0.717) is 30.3 Å². The zero-order valence-corrected chi connectivity index (χ0v) is 16.5. The molecule has 11 heteroatoms. The quantitative estimate of drug-likeness (QED) is 0.622. The minimum atomic E-state index is -4.62. The molecule has 1 saturated heterocycles. The molecule has 2 aromatic carbocycles. The van der Waals surface area contributed by atoms with Crippen LogP contribution in [-0.4, -0.2) is 48.4 Å². The molecule has 1 aromatic heterocycles. The summed E-state index contributed by atoms with van der Waals surface area (Å²) in [6, 6.07) is 10.7. The molecule has 160 valence electrons. The first-order valence-electron chi connectivity index (χ1n) is 9.14. The van der Waals surface area contributed by atoms with Crippen molar-refractivity contribution in [1.82, 2.24) is 13.8 Å². The second-order valence-corrected chi connectivity index (χ2v) is 8.89. The van der Waals surface area contributed by atoms with Gasteiger partial charge in [-0.15, -0.1) is 0 Å². The van der Waals surface area contributed by atoms with Gasteiger partial charge in [0, 0.05) is 26.2 Å². The van der Waals surface area contributed by atoms with Gasteiger partial charge in [0.25, 0.3) is 0 Å². The lowest BCUT2D eigenvalue weighted by Gasteiger charge is -2.33. The molecule has 30 heavy (non-hydrogen) atoms. The zero-order valence-electron chi connectivity index (χ0n) is 15.7. The largest absolute Gasteiger partial charge is 0.421 e. The number of aromatic nitrogens is 1. The molecular formula is C19H18F3N3O4S. The van der Waals surface area contributed by atoms with Gasteiger partial charge in [-0.25, -0.2) is 13.2 Å². The Balaban J connectivity index is 1.48. The second kappa shape index (κ2) is 7.56. The van der Waals surface area contributed by atoms with Crippen molar-refractivity contribution < 1.29 is 26.0 Å². The number of sulfonamides is 1. The van der Waals surface area contributed by atoms with E-state index < -0.39 is 27.5 Å². The smallest absolute Gasteiger partial charge is 0.408 e. The number of para-hydroxylation sites is 2. The molecule has 1 fully saturated rings. The fourth-order valence-corrected chi connectivity index (χ4v) is 4.91. The van der Waals surface area contributed by atoms with Crippen molar-refractivity contribution >= 4 is 21.1 Å². The average molecular weight is 441 g/mol. The average Bonchev–Trinajstić information content (AvgIpc) is 3.03. The Morgan fingerprint density at radius 3 is 2.37 bits per heavy atom. The van der Waals surface area contributed by atoms with Gasteiger partial charge in [-0.05, 0) is 30.3 Å². The summed E-state index contributed by atoms with van der Waals surface area (Å²) >= 11 is 0. The first kappa shape index (κ1) is 20.6. The van der Waals surface area contributed by atoms with Crippen LogP contribution in [0.15, 0.2) is 62.6 Å². The van der Waals surface area contributed by atoms with E-state index in [1.54, 1.807) is 24.3 Å². The van der Waals surface area contributed by atoms with Crippen molar-refractivity contribution in [3.8, 4) is 0 Å². The monoisotopic (exact) mass is 441 g/mol. The van der Waals surface area contributed by atoms with E-state index in [2.05, 4.69) is 0 Å². The fourth-order valence-electron chi connectivity index (χ4n) is 3.44. The Hall–Kier alpha value is -2.63. The molecular weight excluding hydrogens is 423 g/mol. The highest BCUT2D eigenvalue weighted by Gasteiger charge is 2.34. The molecule has 0 saturated carbocycles. The van der Waals surface area contributed by atoms with Crippen LogP contribution < -0.4 is 5.76 Å². The van der Waals surface area contributed by atoms with Gasteiger partial charge >= 0.3 is 11.9 Å². The number of nitrogens with zero attached hydrogens (tertiary/aromatic N) is 3. The summed E-state index contributed by atoms with van der Waals surface area (Å²) in [5.41, 5.74) is 0.100. The van der Waals surface area contributed by atoms with Crippen LogP contribution in [0, 0.1) is 0 Å². The van der Waals surface area contributed by atoms with Crippen LogP contribution in [0.25, 0.3) is 11.1 Å². The first-order chi connectivity index (χ1) is 14.2. The summed E-state index contributed by atoms with van der Waals surface area (Å²) in [5, 5.41) is 0. The molecule has 0 bridgehead atoms. The number of benzene rings is 2. The Labute approximate surface area is 170 Å². The lowest BCUT2D eigenvalue weighted by molar-refractivity contribution is -0.137. The van der Waals surface area contributed by atoms with Crippen LogP contribution in [0.5, 0.6) is 0 Å². The topological polar surface area (TPSA) is 75.8 Å². The molecule has 3 aromatic rings. The molecule has 2 heterocycles. The highest BCUT2D eigenvalue weighted by Crippen LogP contribution is 2.31. The lowest BCUT2D eigenvalue weighted by atomic mass is 10.2. The summed E-state index contributed by atoms with van der Waals surface area (Å²) < 4.78 is 72.2. The number of oxazole rings is 1. The van der Waals surface area contributed by atoms with Gasteiger partial charge in [0.2, 0.25) is 10.0 Å². The van der Waals surface area contributed by atoms with Crippen LogP contribution in [-0.2, 0) is 22.9 Å². The predicted octanol–water partition coefficient (Wildman–Crippen LogP) is 2.58. The molecule has 0 atom stereocenters. The van der Waals surface area contributed by atoms with Crippen molar-refractivity contribution in [3.05, 3.63) is 64.6 Å². The minimum Gasteiger partial charge on any atom is -0.408 e. The summed E-state index contributed by atoms with van der Waals surface area (Å²) in [5.74, 6) is -0.504. The minimum absolute atomic E-state index is 0.100. The van der Waals surface area contributed by atoms with E-state index in [9.17, 15) is 26.4 Å². The number of rotatable bonds is 4. The van der Waals surface area contributed by atoms with Gasteiger partial charge in [0.05, 0.1) is 22.6 Å². The van der Waals surface area contributed by atoms with E-state index in [0.717, 1.165) is 22.5 Å². The Morgan fingerprint density at radius 2 is 1.67 bits per heavy atom.